The van der Waals surface area contributed by atoms with Crippen LogP contribution in [-0.2, 0) is 17.6 Å². The molecule has 1 atom stereocenters. The van der Waals surface area contributed by atoms with Gasteiger partial charge in [-0.1, -0.05) is 72.3 Å². The summed E-state index contributed by atoms with van der Waals surface area (Å²) in [4.78, 5) is 12.7. The van der Waals surface area contributed by atoms with Crippen molar-refractivity contribution in [2.24, 2.45) is 0 Å². The molecule has 3 aromatic rings. The molecule has 0 saturated carbocycles. The van der Waals surface area contributed by atoms with Crippen molar-refractivity contribution in [1.82, 2.24) is 5.32 Å². The summed E-state index contributed by atoms with van der Waals surface area (Å²) in [7, 11) is 0. The van der Waals surface area contributed by atoms with Crippen LogP contribution in [0.1, 0.15) is 28.2 Å². The van der Waals surface area contributed by atoms with Crippen molar-refractivity contribution in [2.75, 3.05) is 13.2 Å². The van der Waals surface area contributed by atoms with Crippen molar-refractivity contribution in [3.8, 4) is 11.1 Å². The van der Waals surface area contributed by atoms with Gasteiger partial charge in [0.05, 0.1) is 12.1 Å². The Morgan fingerprint density at radius 2 is 1.67 bits per heavy atom. The van der Waals surface area contributed by atoms with E-state index in [1.165, 1.54) is 22.3 Å². The molecule has 0 aliphatic heterocycles. The number of alkyl carbamates (subject to hydrolysis) is 1. The lowest BCUT2D eigenvalue weighted by Crippen LogP contribution is -2.52. The maximum absolute atomic E-state index is 12.7. The van der Waals surface area contributed by atoms with Crippen molar-refractivity contribution in [3.05, 3.63) is 94.0 Å². The van der Waals surface area contributed by atoms with Gasteiger partial charge in [-0.05, 0) is 52.3 Å². The molecule has 5 heteroatoms. The highest BCUT2D eigenvalue weighted by Crippen LogP contribution is 2.44. The number of aliphatic hydroxyl groups is 1. The zero-order valence-corrected chi connectivity index (χ0v) is 17.2. The van der Waals surface area contributed by atoms with E-state index in [1.54, 1.807) is 0 Å². The lowest BCUT2D eigenvalue weighted by atomic mass is 9.97. The number of halogens is 1. The molecule has 1 amide bonds. The molecule has 5 rings (SSSR count). The number of fused-ring (bicyclic) bond motifs is 4. The van der Waals surface area contributed by atoms with Gasteiger partial charge in [0.1, 0.15) is 6.61 Å². The molecule has 0 saturated heterocycles. The van der Waals surface area contributed by atoms with E-state index in [9.17, 15) is 9.90 Å². The largest absolute Gasteiger partial charge is 0.449 e. The number of hydrogen-bond acceptors (Lipinski definition) is 3. The number of rotatable bonds is 4. The Morgan fingerprint density at radius 3 is 2.30 bits per heavy atom. The van der Waals surface area contributed by atoms with Gasteiger partial charge >= 0.3 is 6.09 Å². The molecule has 2 N–H and O–H groups in total. The Morgan fingerprint density at radius 1 is 1.00 bits per heavy atom. The van der Waals surface area contributed by atoms with E-state index < -0.39 is 11.6 Å². The smallest absolute Gasteiger partial charge is 0.407 e. The summed E-state index contributed by atoms with van der Waals surface area (Å²) in [5.74, 6) is 0.00319. The second-order valence-electron chi connectivity index (χ2n) is 8.12. The maximum atomic E-state index is 12.7. The van der Waals surface area contributed by atoms with Crippen LogP contribution in [0.5, 0.6) is 0 Å². The number of ether oxygens (including phenoxy) is 1. The summed E-state index contributed by atoms with van der Waals surface area (Å²) in [6, 6.07) is 22.2. The third kappa shape index (κ3) is 3.17. The molecule has 0 bridgehead atoms. The zero-order chi connectivity index (χ0) is 20.7. The van der Waals surface area contributed by atoms with Crippen LogP contribution in [0.4, 0.5) is 4.79 Å². The van der Waals surface area contributed by atoms with Crippen LogP contribution < -0.4 is 5.32 Å². The molecule has 152 valence electrons. The molecule has 1 unspecified atom stereocenters. The van der Waals surface area contributed by atoms with Gasteiger partial charge in [-0.3, -0.25) is 0 Å². The van der Waals surface area contributed by atoms with Crippen molar-refractivity contribution in [1.29, 1.82) is 0 Å². The van der Waals surface area contributed by atoms with E-state index in [2.05, 4.69) is 29.6 Å². The SMILES string of the molecule is O=C(NC1(CO)Cc2cccc(Cl)c2C1)OCC1c2ccccc2-c2ccccc21. The Labute approximate surface area is 180 Å². The first-order chi connectivity index (χ1) is 14.6. The van der Waals surface area contributed by atoms with E-state index in [0.29, 0.717) is 17.9 Å². The molecule has 0 fully saturated rings. The van der Waals surface area contributed by atoms with E-state index in [1.807, 2.05) is 42.5 Å². The molecule has 2 aliphatic carbocycles. The summed E-state index contributed by atoms with van der Waals surface area (Å²) in [6.45, 7) is 0.0667. The summed E-state index contributed by atoms with van der Waals surface area (Å²) >= 11 is 6.31. The molecule has 3 aromatic carbocycles. The van der Waals surface area contributed by atoms with Crippen LogP contribution in [0.25, 0.3) is 11.1 Å². The first-order valence-corrected chi connectivity index (χ1v) is 10.5. The highest BCUT2D eigenvalue weighted by Gasteiger charge is 2.40. The first kappa shape index (κ1) is 19.2. The minimum atomic E-state index is -0.782. The monoisotopic (exact) mass is 419 g/mol. The lowest BCUT2D eigenvalue weighted by Gasteiger charge is -2.28. The van der Waals surface area contributed by atoms with E-state index in [0.717, 1.165) is 11.1 Å². The highest BCUT2D eigenvalue weighted by atomic mass is 35.5. The van der Waals surface area contributed by atoms with Crippen LogP contribution in [-0.4, -0.2) is 30.0 Å². The average Bonchev–Trinajstić information content (AvgIpc) is 3.29. The van der Waals surface area contributed by atoms with Crippen molar-refractivity contribution >= 4 is 17.7 Å². The number of benzene rings is 3. The predicted molar refractivity (Wildman–Crippen MR) is 117 cm³/mol. The van der Waals surface area contributed by atoms with Gasteiger partial charge in [0, 0.05) is 10.9 Å². The van der Waals surface area contributed by atoms with Gasteiger partial charge in [-0.15, -0.1) is 0 Å². The number of carbonyl (C=O) groups is 1. The fourth-order valence-corrected chi connectivity index (χ4v) is 5.08. The van der Waals surface area contributed by atoms with Crippen molar-refractivity contribution in [2.45, 2.75) is 24.3 Å². The summed E-state index contributed by atoms with van der Waals surface area (Å²) in [6.07, 6.45) is 0.501. The number of amides is 1. The van der Waals surface area contributed by atoms with Gasteiger partial charge in [-0.25, -0.2) is 4.79 Å². The fourth-order valence-electron chi connectivity index (χ4n) is 4.82. The predicted octanol–water partition coefficient (Wildman–Crippen LogP) is 4.71. The van der Waals surface area contributed by atoms with Gasteiger partial charge in [0.2, 0.25) is 0 Å². The average molecular weight is 420 g/mol. The Hall–Kier alpha value is -2.82. The molecule has 0 aromatic heterocycles. The standard InChI is InChI=1S/C25H22ClNO3/c26-23-11-5-6-16-12-25(15-28,13-21(16)23)27-24(29)30-14-22-19-9-3-1-7-17(19)18-8-2-4-10-20(18)22/h1-11,22,28H,12-15H2,(H,27,29). The number of nitrogens with one attached hydrogen (secondary N) is 1. The minimum Gasteiger partial charge on any atom is -0.449 e. The maximum Gasteiger partial charge on any atom is 0.407 e. The molecule has 4 nitrogen and oxygen atoms in total. The number of carbonyl (C=O) groups excluding carboxylic acids is 1. The third-order valence-corrected chi connectivity index (χ3v) is 6.63. The Bertz CT molecular complexity index is 1080. The minimum absolute atomic E-state index is 0.00319. The van der Waals surface area contributed by atoms with E-state index >= 15 is 0 Å². The number of hydrogen-bond donors (Lipinski definition) is 2. The summed E-state index contributed by atoms with van der Waals surface area (Å²) in [5, 5.41) is 13.6. The molecule has 30 heavy (non-hydrogen) atoms. The van der Waals surface area contributed by atoms with Gasteiger partial charge in [0.15, 0.2) is 0 Å². The summed E-state index contributed by atoms with van der Waals surface area (Å²) < 4.78 is 5.66. The van der Waals surface area contributed by atoms with Gasteiger partial charge < -0.3 is 15.2 Å². The molecule has 0 heterocycles. The second-order valence-corrected chi connectivity index (χ2v) is 8.53. The highest BCUT2D eigenvalue weighted by molar-refractivity contribution is 6.31. The molecular formula is C25H22ClNO3. The first-order valence-electron chi connectivity index (χ1n) is 10.1. The molecule has 0 radical (unpaired) electrons. The van der Waals surface area contributed by atoms with Crippen LogP contribution in [0, 0.1) is 0 Å². The Balaban J connectivity index is 1.31. The fraction of sp³-hybridized carbons (Fsp3) is 0.240. The van der Waals surface area contributed by atoms with Crippen molar-refractivity contribution < 1.29 is 14.6 Å². The van der Waals surface area contributed by atoms with Gasteiger partial charge in [0.25, 0.3) is 0 Å². The summed E-state index contributed by atoms with van der Waals surface area (Å²) in [5.41, 5.74) is 5.97. The Kier molecular flexibility index (Phi) is 4.76. The topological polar surface area (TPSA) is 58.6 Å². The van der Waals surface area contributed by atoms with Crippen LogP contribution >= 0.6 is 11.6 Å². The van der Waals surface area contributed by atoms with Crippen molar-refractivity contribution in [3.63, 3.8) is 0 Å². The lowest BCUT2D eigenvalue weighted by molar-refractivity contribution is 0.111. The second kappa shape index (κ2) is 7.46. The zero-order valence-electron chi connectivity index (χ0n) is 16.4. The van der Waals surface area contributed by atoms with E-state index in [4.69, 9.17) is 16.3 Å². The normalized spacial score (nSPS) is 19.1. The quantitative estimate of drug-likeness (QED) is 0.644. The van der Waals surface area contributed by atoms with Crippen LogP contribution in [0.3, 0.4) is 0 Å². The molecular weight excluding hydrogens is 398 g/mol. The third-order valence-electron chi connectivity index (χ3n) is 6.27. The number of aliphatic hydroxyl groups excluding tert-OH is 1. The molecule has 2 aliphatic rings. The van der Waals surface area contributed by atoms with Crippen LogP contribution in [0.2, 0.25) is 5.02 Å². The van der Waals surface area contributed by atoms with E-state index in [-0.39, 0.29) is 19.1 Å². The van der Waals surface area contributed by atoms with Crippen LogP contribution in [0.15, 0.2) is 66.7 Å². The molecule has 0 spiro atoms. The van der Waals surface area contributed by atoms with Gasteiger partial charge in [-0.2, -0.15) is 0 Å².